The lowest BCUT2D eigenvalue weighted by Crippen LogP contribution is -2.42. The molecule has 2 aliphatic heterocycles. The number of nitrogens with zero attached hydrogens (tertiary/aromatic N) is 2. The average Bonchev–Trinajstić information content (AvgIpc) is 3.35. The largest absolute Gasteiger partial charge is 0.445 e. The Bertz CT molecular complexity index is 1980. The number of hydrogen-bond acceptors (Lipinski definition) is 7. The molecule has 2 unspecified atom stereocenters. The van der Waals surface area contributed by atoms with Crippen molar-refractivity contribution >= 4 is 40.7 Å². The number of para-hydroxylation sites is 2. The number of hydrogen-bond donors (Lipinski definition) is 4. The van der Waals surface area contributed by atoms with Gasteiger partial charge in [-0.15, -0.1) is 0 Å². The van der Waals surface area contributed by atoms with Gasteiger partial charge in [-0.1, -0.05) is 127 Å². The zero-order chi connectivity index (χ0) is 33.3. The highest BCUT2D eigenvalue weighted by Crippen LogP contribution is 2.25. The lowest BCUT2D eigenvalue weighted by Gasteiger charge is -2.13. The fraction of sp³-hybridized carbons (Fsp3) is 0.0789. The van der Waals surface area contributed by atoms with Crippen molar-refractivity contribution in [2.24, 2.45) is 15.7 Å². The second-order valence-corrected chi connectivity index (χ2v) is 10.8. The summed E-state index contributed by atoms with van der Waals surface area (Å²) in [6.07, 6.45) is -2.71. The fourth-order valence-corrected chi connectivity index (χ4v) is 5.16. The van der Waals surface area contributed by atoms with Gasteiger partial charge < -0.3 is 21.1 Å². The summed E-state index contributed by atoms with van der Waals surface area (Å²) < 4.78 is 5.24. The van der Waals surface area contributed by atoms with Gasteiger partial charge in [0.15, 0.2) is 6.17 Å². The Balaban J connectivity index is 0.000000182. The number of amides is 3. The third-order valence-electron chi connectivity index (χ3n) is 7.49. The van der Waals surface area contributed by atoms with Gasteiger partial charge in [0.2, 0.25) is 6.17 Å². The summed E-state index contributed by atoms with van der Waals surface area (Å²) in [6, 6.07) is 43.6. The Morgan fingerprint density at radius 1 is 0.625 bits per heavy atom. The first kappa shape index (κ1) is 31.6. The molecule has 0 saturated heterocycles. The zero-order valence-corrected chi connectivity index (χ0v) is 25.7. The number of benzodiazepines with no additional fused rings is 2. The number of carbonyl (C=O) groups is 3. The van der Waals surface area contributed by atoms with Gasteiger partial charge in [0.25, 0.3) is 11.8 Å². The number of fused-ring (bicyclic) bond motifs is 2. The molecular formula is C38H32N6O4. The quantitative estimate of drug-likeness (QED) is 0.202. The van der Waals surface area contributed by atoms with Gasteiger partial charge in [-0.2, -0.15) is 0 Å². The topological polar surface area (TPSA) is 147 Å². The highest BCUT2D eigenvalue weighted by atomic mass is 16.5. The first-order valence-electron chi connectivity index (χ1n) is 15.3. The number of benzene rings is 5. The number of ether oxygens (including phenoxy) is 1. The monoisotopic (exact) mass is 636 g/mol. The van der Waals surface area contributed by atoms with Crippen molar-refractivity contribution in [3.8, 4) is 0 Å². The van der Waals surface area contributed by atoms with Crippen molar-refractivity contribution in [1.82, 2.24) is 5.32 Å². The van der Waals surface area contributed by atoms with E-state index in [0.717, 1.165) is 39.2 Å². The number of aliphatic imine (C=N–C) groups is 2. The first-order chi connectivity index (χ1) is 23.5. The summed E-state index contributed by atoms with van der Waals surface area (Å²) in [6.45, 7) is 0.108. The summed E-state index contributed by atoms with van der Waals surface area (Å²) >= 11 is 0. The fourth-order valence-electron chi connectivity index (χ4n) is 5.16. The van der Waals surface area contributed by atoms with E-state index in [0.29, 0.717) is 11.4 Å². The molecule has 5 aromatic rings. The Morgan fingerprint density at radius 2 is 1.08 bits per heavy atom. The van der Waals surface area contributed by atoms with Crippen LogP contribution in [-0.4, -0.2) is 41.7 Å². The summed E-state index contributed by atoms with van der Waals surface area (Å²) in [5, 5.41) is 8.17. The minimum Gasteiger partial charge on any atom is -0.445 e. The first-order valence-corrected chi connectivity index (χ1v) is 15.3. The standard InChI is InChI=1S/C23H19N3O3.C15H13N3O/c27-22-21(26-23(28)29-15-16-9-3-1-4-10-16)25-20(17-11-5-2-6-12-17)18-13-7-8-14-19(18)24-22;16-14-15(19)17-12-9-5-4-8-11(12)13(18-14)10-6-2-1-3-7-10/h1-14,21H,15H2,(H,24,27)(H,26,28);1-9,14H,16H2,(H,17,19). The number of carbonyl (C=O) groups excluding carboxylic acids is 3. The molecule has 0 aliphatic carbocycles. The molecule has 0 spiro atoms. The van der Waals surface area contributed by atoms with Crippen LogP contribution in [0.3, 0.4) is 0 Å². The van der Waals surface area contributed by atoms with E-state index in [9.17, 15) is 14.4 Å². The van der Waals surface area contributed by atoms with Crippen LogP contribution in [0, 0.1) is 0 Å². The average molecular weight is 637 g/mol. The van der Waals surface area contributed by atoms with Crippen LogP contribution >= 0.6 is 0 Å². The van der Waals surface area contributed by atoms with Crippen molar-refractivity contribution in [2.45, 2.75) is 18.9 Å². The maximum Gasteiger partial charge on any atom is 0.409 e. The van der Waals surface area contributed by atoms with E-state index in [1.54, 1.807) is 0 Å². The van der Waals surface area contributed by atoms with Crippen molar-refractivity contribution in [3.63, 3.8) is 0 Å². The third kappa shape index (κ3) is 7.52. The molecule has 48 heavy (non-hydrogen) atoms. The maximum atomic E-state index is 12.7. The third-order valence-corrected chi connectivity index (χ3v) is 7.49. The van der Waals surface area contributed by atoms with E-state index in [-0.39, 0.29) is 12.5 Å². The van der Waals surface area contributed by atoms with E-state index in [1.165, 1.54) is 0 Å². The second-order valence-electron chi connectivity index (χ2n) is 10.8. The molecule has 0 radical (unpaired) electrons. The van der Waals surface area contributed by atoms with E-state index >= 15 is 0 Å². The maximum absolute atomic E-state index is 12.7. The van der Waals surface area contributed by atoms with Crippen LogP contribution in [-0.2, 0) is 20.9 Å². The van der Waals surface area contributed by atoms with Crippen LogP contribution in [0.5, 0.6) is 0 Å². The number of nitrogens with one attached hydrogen (secondary N) is 3. The molecule has 0 fully saturated rings. The van der Waals surface area contributed by atoms with Gasteiger partial charge in [0, 0.05) is 22.3 Å². The van der Waals surface area contributed by atoms with E-state index in [2.05, 4.69) is 25.9 Å². The Morgan fingerprint density at radius 3 is 1.65 bits per heavy atom. The Hall–Kier alpha value is -6.39. The van der Waals surface area contributed by atoms with Crippen LogP contribution in [0.4, 0.5) is 16.2 Å². The minimum absolute atomic E-state index is 0.108. The molecule has 5 N–H and O–H groups in total. The molecule has 10 nitrogen and oxygen atoms in total. The van der Waals surface area contributed by atoms with Crippen molar-refractivity contribution in [3.05, 3.63) is 167 Å². The summed E-state index contributed by atoms with van der Waals surface area (Å²) in [5.41, 5.74) is 12.8. The summed E-state index contributed by atoms with van der Waals surface area (Å²) in [4.78, 5) is 45.7. The van der Waals surface area contributed by atoms with Crippen molar-refractivity contribution < 1.29 is 19.1 Å². The van der Waals surface area contributed by atoms with E-state index in [1.807, 2.05) is 140 Å². The molecule has 3 amide bonds. The van der Waals surface area contributed by atoms with Gasteiger partial charge in [-0.05, 0) is 17.7 Å². The number of alkyl carbamates (subject to hydrolysis) is 1. The van der Waals surface area contributed by atoms with Crippen molar-refractivity contribution in [1.29, 1.82) is 0 Å². The normalized spacial score (nSPS) is 16.4. The number of anilines is 2. The summed E-state index contributed by atoms with van der Waals surface area (Å²) in [5.74, 6) is -0.724. The highest BCUT2D eigenvalue weighted by molar-refractivity contribution is 6.20. The molecular weight excluding hydrogens is 604 g/mol. The smallest absolute Gasteiger partial charge is 0.409 e. The van der Waals surface area contributed by atoms with Crippen LogP contribution in [0.25, 0.3) is 0 Å². The highest BCUT2D eigenvalue weighted by Gasteiger charge is 2.27. The Labute approximate surface area is 277 Å². The SMILES string of the molecule is NC1N=C(c2ccccc2)c2ccccc2NC1=O.O=C(NC1N=C(c2ccccc2)c2ccccc2NC1=O)OCc1ccccc1. The van der Waals surface area contributed by atoms with Crippen LogP contribution in [0.1, 0.15) is 27.8 Å². The van der Waals surface area contributed by atoms with Gasteiger partial charge in [0.05, 0.1) is 22.8 Å². The van der Waals surface area contributed by atoms with Gasteiger partial charge >= 0.3 is 6.09 Å². The molecule has 2 atom stereocenters. The van der Waals surface area contributed by atoms with E-state index in [4.69, 9.17) is 10.5 Å². The van der Waals surface area contributed by atoms with Crippen LogP contribution in [0.15, 0.2) is 150 Å². The zero-order valence-electron chi connectivity index (χ0n) is 25.7. The summed E-state index contributed by atoms with van der Waals surface area (Å²) in [7, 11) is 0. The number of rotatable bonds is 5. The molecule has 10 heteroatoms. The molecule has 5 aromatic carbocycles. The lowest BCUT2D eigenvalue weighted by molar-refractivity contribution is -0.118. The van der Waals surface area contributed by atoms with Gasteiger partial charge in [0.1, 0.15) is 6.61 Å². The predicted octanol–water partition coefficient (Wildman–Crippen LogP) is 5.49. The van der Waals surface area contributed by atoms with Crippen LogP contribution < -0.4 is 21.7 Å². The van der Waals surface area contributed by atoms with Crippen molar-refractivity contribution in [2.75, 3.05) is 10.6 Å². The second kappa shape index (κ2) is 14.8. The molecule has 2 aliphatic rings. The molecule has 7 rings (SSSR count). The minimum atomic E-state index is -1.11. The Kier molecular flexibility index (Phi) is 9.74. The predicted molar refractivity (Wildman–Crippen MR) is 186 cm³/mol. The molecule has 238 valence electrons. The van der Waals surface area contributed by atoms with Gasteiger partial charge in [-0.3, -0.25) is 19.9 Å². The number of nitrogens with two attached hydrogens (primary N) is 1. The molecule has 0 aromatic heterocycles. The van der Waals surface area contributed by atoms with Crippen LogP contribution in [0.2, 0.25) is 0 Å². The molecule has 2 heterocycles. The lowest BCUT2D eigenvalue weighted by atomic mass is 10.0. The van der Waals surface area contributed by atoms with E-state index < -0.39 is 24.3 Å². The molecule has 0 bridgehead atoms. The van der Waals surface area contributed by atoms with Gasteiger partial charge in [-0.25, -0.2) is 9.79 Å². The molecule has 0 saturated carbocycles.